The van der Waals surface area contributed by atoms with Gasteiger partial charge in [0, 0.05) is 24.8 Å². The highest BCUT2D eigenvalue weighted by Gasteiger charge is 2.26. The van der Waals surface area contributed by atoms with Gasteiger partial charge in [-0.15, -0.1) is 0 Å². The number of primary amides is 1. The topological polar surface area (TPSA) is 87.5 Å². The lowest BCUT2D eigenvalue weighted by Crippen LogP contribution is -2.38. The highest BCUT2D eigenvalue weighted by Crippen LogP contribution is 2.31. The average Bonchev–Trinajstić information content (AvgIpc) is 2.87. The van der Waals surface area contributed by atoms with E-state index in [1.807, 2.05) is 17.4 Å². The van der Waals surface area contributed by atoms with Crippen LogP contribution in [-0.4, -0.2) is 29.4 Å². The SMILES string of the molecule is CC(C)C(C)N1Cc2cccc(NCC(=O)NC(N)=O)c2C1. The second-order valence-electron chi connectivity index (χ2n) is 6.10. The van der Waals surface area contributed by atoms with Crippen molar-refractivity contribution in [2.75, 3.05) is 11.9 Å². The minimum atomic E-state index is -0.831. The van der Waals surface area contributed by atoms with Crippen molar-refractivity contribution in [2.45, 2.75) is 39.9 Å². The average molecular weight is 304 g/mol. The number of carbonyl (C=O) groups excluding carboxylic acids is 2. The van der Waals surface area contributed by atoms with Crippen molar-refractivity contribution in [3.05, 3.63) is 29.3 Å². The van der Waals surface area contributed by atoms with Gasteiger partial charge in [-0.05, 0) is 30.0 Å². The molecule has 1 aliphatic rings. The van der Waals surface area contributed by atoms with Gasteiger partial charge >= 0.3 is 6.03 Å². The van der Waals surface area contributed by atoms with E-state index >= 15 is 0 Å². The fourth-order valence-corrected chi connectivity index (χ4v) is 2.68. The van der Waals surface area contributed by atoms with Crippen LogP contribution in [0, 0.1) is 5.92 Å². The zero-order valence-electron chi connectivity index (χ0n) is 13.3. The van der Waals surface area contributed by atoms with Crippen LogP contribution in [0.15, 0.2) is 18.2 Å². The number of hydrogen-bond acceptors (Lipinski definition) is 4. The van der Waals surface area contributed by atoms with Crippen LogP contribution in [0.1, 0.15) is 31.9 Å². The van der Waals surface area contributed by atoms with E-state index in [9.17, 15) is 9.59 Å². The first-order valence-electron chi connectivity index (χ1n) is 7.56. The van der Waals surface area contributed by atoms with E-state index in [0.29, 0.717) is 12.0 Å². The summed E-state index contributed by atoms with van der Waals surface area (Å²) in [5.41, 5.74) is 8.38. The van der Waals surface area contributed by atoms with Crippen LogP contribution in [0.3, 0.4) is 0 Å². The number of imide groups is 1. The standard InChI is InChI=1S/C16H24N4O2/c1-10(2)11(3)20-8-12-5-4-6-14(13(12)9-20)18-7-15(21)19-16(17)22/h4-6,10-11,18H,7-9H2,1-3H3,(H3,17,19,21,22). The molecule has 1 heterocycles. The molecule has 120 valence electrons. The Kier molecular flexibility index (Phi) is 5.03. The lowest BCUT2D eigenvalue weighted by Gasteiger charge is -2.27. The molecule has 1 unspecified atom stereocenters. The van der Waals surface area contributed by atoms with Crippen LogP contribution in [0.4, 0.5) is 10.5 Å². The summed E-state index contributed by atoms with van der Waals surface area (Å²) in [7, 11) is 0. The Labute approximate surface area is 131 Å². The van der Waals surface area contributed by atoms with Crippen LogP contribution >= 0.6 is 0 Å². The molecule has 6 heteroatoms. The summed E-state index contributed by atoms with van der Waals surface area (Å²) in [5.74, 6) is 0.155. The van der Waals surface area contributed by atoms with Gasteiger partial charge in [0.2, 0.25) is 5.91 Å². The van der Waals surface area contributed by atoms with Crippen molar-refractivity contribution < 1.29 is 9.59 Å². The Bertz CT molecular complexity index is 571. The van der Waals surface area contributed by atoms with Gasteiger partial charge < -0.3 is 11.1 Å². The van der Waals surface area contributed by atoms with Crippen LogP contribution in [0.2, 0.25) is 0 Å². The van der Waals surface area contributed by atoms with E-state index in [4.69, 9.17) is 5.73 Å². The molecule has 1 atom stereocenters. The molecule has 22 heavy (non-hydrogen) atoms. The summed E-state index contributed by atoms with van der Waals surface area (Å²) in [4.78, 5) is 24.6. The molecule has 1 aliphatic heterocycles. The van der Waals surface area contributed by atoms with E-state index in [0.717, 1.165) is 18.8 Å². The normalized spacial score (nSPS) is 15.5. The molecule has 0 saturated carbocycles. The number of benzene rings is 1. The van der Waals surface area contributed by atoms with Crippen molar-refractivity contribution in [1.82, 2.24) is 10.2 Å². The quantitative estimate of drug-likeness (QED) is 0.772. The van der Waals surface area contributed by atoms with Crippen LogP contribution in [0.25, 0.3) is 0 Å². The van der Waals surface area contributed by atoms with Gasteiger partial charge in [-0.2, -0.15) is 0 Å². The van der Waals surface area contributed by atoms with Gasteiger partial charge in [0.05, 0.1) is 6.54 Å². The van der Waals surface area contributed by atoms with Crippen LogP contribution in [0.5, 0.6) is 0 Å². The largest absolute Gasteiger partial charge is 0.376 e. The maximum Gasteiger partial charge on any atom is 0.318 e. The van der Waals surface area contributed by atoms with Gasteiger partial charge in [-0.25, -0.2) is 4.79 Å². The Morgan fingerprint density at radius 2 is 2.00 bits per heavy atom. The third-order valence-corrected chi connectivity index (χ3v) is 4.25. The lowest BCUT2D eigenvalue weighted by atomic mass is 10.1. The van der Waals surface area contributed by atoms with Gasteiger partial charge in [0.1, 0.15) is 0 Å². The van der Waals surface area contributed by atoms with Gasteiger partial charge in [-0.1, -0.05) is 26.0 Å². The first kappa shape index (κ1) is 16.3. The molecule has 0 fully saturated rings. The first-order chi connectivity index (χ1) is 10.4. The molecule has 0 spiro atoms. The van der Waals surface area contributed by atoms with E-state index in [-0.39, 0.29) is 6.54 Å². The number of carbonyl (C=O) groups is 2. The second kappa shape index (κ2) is 6.79. The third kappa shape index (κ3) is 3.76. The molecule has 1 aromatic carbocycles. The molecule has 4 N–H and O–H groups in total. The Morgan fingerprint density at radius 1 is 1.27 bits per heavy atom. The minimum Gasteiger partial charge on any atom is -0.376 e. The Balaban J connectivity index is 2.04. The van der Waals surface area contributed by atoms with Crippen molar-refractivity contribution in [1.29, 1.82) is 0 Å². The van der Waals surface area contributed by atoms with E-state index in [2.05, 4.69) is 37.1 Å². The Hall–Kier alpha value is -2.08. The molecule has 0 aliphatic carbocycles. The predicted octanol–water partition coefficient (Wildman–Crippen LogP) is 1.65. The van der Waals surface area contributed by atoms with Crippen molar-refractivity contribution in [3.63, 3.8) is 0 Å². The van der Waals surface area contributed by atoms with E-state index in [1.165, 1.54) is 11.1 Å². The highest BCUT2D eigenvalue weighted by atomic mass is 16.2. The number of nitrogens with zero attached hydrogens (tertiary/aromatic N) is 1. The monoisotopic (exact) mass is 304 g/mol. The molecular weight excluding hydrogens is 280 g/mol. The molecule has 0 radical (unpaired) electrons. The molecule has 1 aromatic rings. The Morgan fingerprint density at radius 3 is 2.64 bits per heavy atom. The van der Waals surface area contributed by atoms with Crippen molar-refractivity contribution in [2.24, 2.45) is 11.7 Å². The number of rotatable bonds is 5. The van der Waals surface area contributed by atoms with Gasteiger partial charge in [-0.3, -0.25) is 15.0 Å². The zero-order valence-corrected chi connectivity index (χ0v) is 13.3. The number of nitrogens with two attached hydrogens (primary N) is 1. The van der Waals surface area contributed by atoms with E-state index in [1.54, 1.807) is 0 Å². The van der Waals surface area contributed by atoms with E-state index < -0.39 is 11.9 Å². The summed E-state index contributed by atoms with van der Waals surface area (Å²) < 4.78 is 0. The smallest absolute Gasteiger partial charge is 0.318 e. The molecule has 0 bridgehead atoms. The van der Waals surface area contributed by atoms with Gasteiger partial charge in [0.15, 0.2) is 0 Å². The minimum absolute atomic E-state index is 0.0269. The van der Waals surface area contributed by atoms with Crippen molar-refractivity contribution >= 4 is 17.6 Å². The third-order valence-electron chi connectivity index (χ3n) is 4.25. The predicted molar refractivity (Wildman–Crippen MR) is 86.2 cm³/mol. The molecular formula is C16H24N4O2. The number of amides is 3. The zero-order chi connectivity index (χ0) is 16.3. The number of urea groups is 1. The first-order valence-corrected chi connectivity index (χ1v) is 7.56. The van der Waals surface area contributed by atoms with Crippen LogP contribution in [-0.2, 0) is 17.9 Å². The highest BCUT2D eigenvalue weighted by molar-refractivity contribution is 5.95. The summed E-state index contributed by atoms with van der Waals surface area (Å²) >= 11 is 0. The molecule has 0 aromatic heterocycles. The maximum atomic E-state index is 11.5. The summed E-state index contributed by atoms with van der Waals surface area (Å²) in [6.07, 6.45) is 0. The second-order valence-corrected chi connectivity index (χ2v) is 6.10. The fourth-order valence-electron chi connectivity index (χ4n) is 2.68. The number of nitrogens with one attached hydrogen (secondary N) is 2. The molecule has 3 amide bonds. The summed E-state index contributed by atoms with van der Waals surface area (Å²) in [5, 5.41) is 5.14. The van der Waals surface area contributed by atoms with Gasteiger partial charge in [0.25, 0.3) is 0 Å². The number of hydrogen-bond donors (Lipinski definition) is 3. The number of anilines is 1. The number of fused-ring (bicyclic) bond motifs is 1. The summed E-state index contributed by atoms with van der Waals surface area (Å²) in [6, 6.07) is 5.73. The van der Waals surface area contributed by atoms with Crippen molar-refractivity contribution in [3.8, 4) is 0 Å². The molecule has 0 saturated heterocycles. The maximum absolute atomic E-state index is 11.5. The molecule has 2 rings (SSSR count). The van der Waals surface area contributed by atoms with Crippen LogP contribution < -0.4 is 16.4 Å². The lowest BCUT2D eigenvalue weighted by molar-refractivity contribution is -0.118. The molecule has 6 nitrogen and oxygen atoms in total. The fraction of sp³-hybridized carbons (Fsp3) is 0.500. The summed E-state index contributed by atoms with van der Waals surface area (Å²) in [6.45, 7) is 8.51.